The zero-order valence-corrected chi connectivity index (χ0v) is 9.27. The molecule has 4 N–H and O–H groups in total. The van der Waals surface area contributed by atoms with Crippen LogP contribution in [0, 0.1) is 0 Å². The monoisotopic (exact) mass is 233 g/mol. The molecule has 1 rings (SSSR count). The first-order chi connectivity index (χ1) is 6.63. The van der Waals surface area contributed by atoms with Crippen LogP contribution in [-0.4, -0.2) is 17.1 Å². The van der Waals surface area contributed by atoms with Gasteiger partial charge in [-0.25, -0.2) is 0 Å². The number of hydrogen-bond acceptors (Lipinski definition) is 4. The first-order valence-corrected chi connectivity index (χ1v) is 5.28. The van der Waals surface area contributed by atoms with Crippen LogP contribution in [0.5, 0.6) is 0 Å². The van der Waals surface area contributed by atoms with Crippen LogP contribution < -0.4 is 11.1 Å². The predicted molar refractivity (Wildman–Crippen MR) is 59.0 cm³/mol. The van der Waals surface area contributed by atoms with Gasteiger partial charge in [0.2, 0.25) is 0 Å². The highest BCUT2D eigenvalue weighted by atomic mass is 35.5. The van der Waals surface area contributed by atoms with Crippen LogP contribution in [0.15, 0.2) is 17.3 Å². The van der Waals surface area contributed by atoms with Gasteiger partial charge in [0, 0.05) is 11.4 Å². The number of nitrogens with zero attached hydrogens (tertiary/aromatic N) is 1. The van der Waals surface area contributed by atoms with Gasteiger partial charge >= 0.3 is 0 Å². The lowest BCUT2D eigenvalue weighted by Crippen LogP contribution is -2.38. The Labute approximate surface area is 91.4 Å². The highest BCUT2D eigenvalue weighted by Crippen LogP contribution is 2.20. The van der Waals surface area contributed by atoms with Crippen LogP contribution in [0.4, 0.5) is 0 Å². The van der Waals surface area contributed by atoms with E-state index in [1.165, 1.54) is 11.3 Å². The van der Waals surface area contributed by atoms with E-state index in [-0.39, 0.29) is 11.9 Å². The molecule has 0 amide bonds. The molecule has 0 spiro atoms. The molecule has 1 heterocycles. The number of oxime groups is 1. The number of thiophene rings is 1. The predicted octanol–water partition coefficient (Wildman–Crippen LogP) is 1.63. The Kier molecular flexibility index (Phi) is 4.19. The van der Waals surface area contributed by atoms with Crippen molar-refractivity contribution in [1.29, 1.82) is 0 Å². The lowest BCUT2D eigenvalue weighted by Gasteiger charge is -2.10. The Hall–Kier alpha value is -0.780. The highest BCUT2D eigenvalue weighted by Gasteiger charge is 2.06. The third-order valence-electron chi connectivity index (χ3n) is 1.77. The van der Waals surface area contributed by atoms with Gasteiger partial charge in [-0.15, -0.1) is 11.3 Å². The Balaban J connectivity index is 2.41. The zero-order valence-electron chi connectivity index (χ0n) is 7.70. The molecule has 0 aliphatic rings. The van der Waals surface area contributed by atoms with Gasteiger partial charge in [0.05, 0.1) is 10.4 Å². The van der Waals surface area contributed by atoms with Crippen LogP contribution in [0.25, 0.3) is 0 Å². The summed E-state index contributed by atoms with van der Waals surface area (Å²) in [7, 11) is 0. The van der Waals surface area contributed by atoms with Gasteiger partial charge in [0.1, 0.15) is 0 Å². The first kappa shape index (κ1) is 11.3. The average molecular weight is 234 g/mol. The van der Waals surface area contributed by atoms with E-state index in [1.54, 1.807) is 0 Å². The van der Waals surface area contributed by atoms with Gasteiger partial charge in [-0.2, -0.15) is 0 Å². The third kappa shape index (κ3) is 3.17. The second-order valence-electron chi connectivity index (χ2n) is 2.83. The van der Waals surface area contributed by atoms with E-state index in [4.69, 9.17) is 22.5 Å². The minimum atomic E-state index is -0.152. The van der Waals surface area contributed by atoms with Gasteiger partial charge in [-0.05, 0) is 19.1 Å². The maximum atomic E-state index is 8.41. The minimum Gasteiger partial charge on any atom is -0.409 e. The highest BCUT2D eigenvalue weighted by molar-refractivity contribution is 7.16. The van der Waals surface area contributed by atoms with Gasteiger partial charge in [-0.1, -0.05) is 16.8 Å². The largest absolute Gasteiger partial charge is 0.409 e. The van der Waals surface area contributed by atoms with Crippen LogP contribution in [0.2, 0.25) is 4.34 Å². The molecule has 0 saturated carbocycles. The summed E-state index contributed by atoms with van der Waals surface area (Å²) in [5.41, 5.74) is 5.40. The van der Waals surface area contributed by atoms with E-state index >= 15 is 0 Å². The Morgan fingerprint density at radius 3 is 3.00 bits per heavy atom. The van der Waals surface area contributed by atoms with Crippen molar-refractivity contribution < 1.29 is 5.21 Å². The van der Waals surface area contributed by atoms with Gasteiger partial charge in [-0.3, -0.25) is 0 Å². The van der Waals surface area contributed by atoms with Crippen LogP contribution in [0.1, 0.15) is 11.8 Å². The molecular formula is C8H12ClN3OS. The fourth-order valence-corrected chi connectivity index (χ4v) is 1.93. The zero-order chi connectivity index (χ0) is 10.6. The molecule has 4 nitrogen and oxygen atoms in total. The van der Waals surface area contributed by atoms with Gasteiger partial charge < -0.3 is 16.3 Å². The minimum absolute atomic E-state index is 0.152. The van der Waals surface area contributed by atoms with E-state index in [1.807, 2.05) is 19.1 Å². The molecule has 0 bridgehead atoms. The fraction of sp³-hybridized carbons (Fsp3) is 0.375. The number of amidine groups is 1. The summed E-state index contributed by atoms with van der Waals surface area (Å²) < 4.78 is 0.762. The molecule has 6 heteroatoms. The molecule has 78 valence electrons. The van der Waals surface area contributed by atoms with E-state index in [9.17, 15) is 0 Å². The maximum absolute atomic E-state index is 8.41. The molecule has 0 radical (unpaired) electrons. The summed E-state index contributed by atoms with van der Waals surface area (Å²) in [5, 5.41) is 14.4. The van der Waals surface area contributed by atoms with Gasteiger partial charge in [0.25, 0.3) is 0 Å². The van der Waals surface area contributed by atoms with Crippen LogP contribution in [-0.2, 0) is 6.54 Å². The van der Waals surface area contributed by atoms with Crippen LogP contribution >= 0.6 is 22.9 Å². The summed E-state index contributed by atoms with van der Waals surface area (Å²) in [6, 6.07) is 3.64. The molecular weight excluding hydrogens is 222 g/mol. The van der Waals surface area contributed by atoms with E-state index < -0.39 is 0 Å². The lowest BCUT2D eigenvalue weighted by atomic mass is 10.3. The quantitative estimate of drug-likeness (QED) is 0.320. The van der Waals surface area contributed by atoms with E-state index in [0.29, 0.717) is 6.54 Å². The van der Waals surface area contributed by atoms with Crippen molar-refractivity contribution in [2.75, 3.05) is 0 Å². The SMILES string of the molecule is CC(NCc1ccc(Cl)s1)C(N)=NO. The molecule has 0 aliphatic carbocycles. The van der Waals surface area contributed by atoms with Gasteiger partial charge in [0.15, 0.2) is 5.84 Å². The van der Waals surface area contributed by atoms with Crippen molar-refractivity contribution >= 4 is 28.8 Å². The summed E-state index contributed by atoms with van der Waals surface area (Å²) in [5.74, 6) is 0.174. The molecule has 0 saturated heterocycles. The lowest BCUT2D eigenvalue weighted by molar-refractivity contribution is 0.315. The third-order valence-corrected chi connectivity index (χ3v) is 3.00. The summed E-state index contributed by atoms with van der Waals surface area (Å²) in [6.07, 6.45) is 0. The molecule has 1 aromatic rings. The summed E-state index contributed by atoms with van der Waals surface area (Å²) in [4.78, 5) is 1.12. The van der Waals surface area contributed by atoms with Crippen molar-refractivity contribution in [1.82, 2.24) is 5.32 Å². The standard InChI is InChI=1S/C8H12ClN3OS/c1-5(8(10)12-13)11-4-6-2-3-7(9)14-6/h2-3,5,11,13H,4H2,1H3,(H2,10,12). The van der Waals surface area contributed by atoms with Crippen molar-refractivity contribution in [2.45, 2.75) is 19.5 Å². The number of nitrogens with one attached hydrogen (secondary N) is 1. The van der Waals surface area contributed by atoms with Crippen molar-refractivity contribution in [3.05, 3.63) is 21.3 Å². The molecule has 0 aromatic carbocycles. The summed E-state index contributed by atoms with van der Waals surface area (Å²) in [6.45, 7) is 2.49. The fourth-order valence-electron chi connectivity index (χ4n) is 0.892. The number of nitrogens with two attached hydrogens (primary N) is 1. The number of hydrogen-bond donors (Lipinski definition) is 3. The van der Waals surface area contributed by atoms with Crippen LogP contribution in [0.3, 0.4) is 0 Å². The molecule has 14 heavy (non-hydrogen) atoms. The molecule has 1 aromatic heterocycles. The Bertz CT molecular complexity index is 326. The maximum Gasteiger partial charge on any atom is 0.156 e. The number of rotatable bonds is 4. The smallest absolute Gasteiger partial charge is 0.156 e. The molecule has 0 aliphatic heterocycles. The molecule has 1 unspecified atom stereocenters. The van der Waals surface area contributed by atoms with Crippen molar-refractivity contribution in [2.24, 2.45) is 10.9 Å². The molecule has 1 atom stereocenters. The van der Waals surface area contributed by atoms with E-state index in [0.717, 1.165) is 9.21 Å². The molecule has 0 fully saturated rings. The summed E-state index contributed by atoms with van der Waals surface area (Å²) >= 11 is 7.28. The second-order valence-corrected chi connectivity index (χ2v) is 4.63. The first-order valence-electron chi connectivity index (χ1n) is 4.08. The van der Waals surface area contributed by atoms with Crippen molar-refractivity contribution in [3.8, 4) is 0 Å². The second kappa shape index (κ2) is 5.19. The number of halogens is 1. The Morgan fingerprint density at radius 2 is 2.50 bits per heavy atom. The normalized spacial score (nSPS) is 14.3. The van der Waals surface area contributed by atoms with Crippen molar-refractivity contribution in [3.63, 3.8) is 0 Å². The average Bonchev–Trinajstić information content (AvgIpc) is 2.59. The van der Waals surface area contributed by atoms with E-state index in [2.05, 4.69) is 10.5 Å². The Morgan fingerprint density at radius 1 is 1.79 bits per heavy atom. The topological polar surface area (TPSA) is 70.6 Å².